The Balaban J connectivity index is 2.31. The average Bonchev–Trinajstić information content (AvgIpc) is 2.80. The van der Waals surface area contributed by atoms with Crippen LogP contribution in [0, 0.1) is 0 Å². The number of benzene rings is 1. The zero-order valence-electron chi connectivity index (χ0n) is 10.7. The van der Waals surface area contributed by atoms with E-state index in [2.05, 4.69) is 15.7 Å². The van der Waals surface area contributed by atoms with E-state index in [1.54, 1.807) is 25.3 Å². The van der Waals surface area contributed by atoms with Gasteiger partial charge in [0.25, 0.3) is 5.91 Å². The van der Waals surface area contributed by atoms with Crippen LogP contribution in [0.25, 0.3) is 10.9 Å². The van der Waals surface area contributed by atoms with Gasteiger partial charge in [-0.1, -0.05) is 0 Å². The second kappa shape index (κ2) is 4.97. The molecule has 0 fully saturated rings. The Morgan fingerprint density at radius 2 is 2.16 bits per heavy atom. The van der Waals surface area contributed by atoms with Crippen molar-refractivity contribution in [3.63, 3.8) is 0 Å². The third-order valence-electron chi connectivity index (χ3n) is 2.83. The highest BCUT2D eigenvalue weighted by Gasteiger charge is 2.19. The maximum Gasteiger partial charge on any atom is 0.321 e. The highest BCUT2D eigenvalue weighted by molar-refractivity contribution is 5.96. The monoisotopic (exact) mass is 261 g/mol. The second-order valence-electron chi connectivity index (χ2n) is 4.15. The number of nitrogens with two attached hydrogens (primary N) is 1. The molecule has 7 heteroatoms. The highest BCUT2D eigenvalue weighted by Crippen LogP contribution is 2.20. The number of rotatable bonds is 2. The van der Waals surface area contributed by atoms with Crippen LogP contribution in [0.3, 0.4) is 0 Å². The summed E-state index contributed by atoms with van der Waals surface area (Å²) in [6.45, 7) is 1.66. The number of carbonyl (C=O) groups is 2. The molecule has 0 saturated carbocycles. The van der Waals surface area contributed by atoms with Gasteiger partial charge in [-0.05, 0) is 25.1 Å². The first kappa shape index (κ1) is 12.9. The van der Waals surface area contributed by atoms with Gasteiger partial charge in [0.15, 0.2) is 0 Å². The molecule has 4 N–H and O–H groups in total. The first-order valence-corrected chi connectivity index (χ1v) is 5.78. The maximum atomic E-state index is 11.9. The number of anilines is 1. The summed E-state index contributed by atoms with van der Waals surface area (Å²) < 4.78 is 1.53. The van der Waals surface area contributed by atoms with Gasteiger partial charge < -0.3 is 11.1 Å². The van der Waals surface area contributed by atoms with Crippen LogP contribution in [-0.2, 0) is 4.79 Å². The molecule has 7 nitrogen and oxygen atoms in total. The number of imide groups is 1. The number of nitrogens with zero attached hydrogens (tertiary/aromatic N) is 2. The Labute approximate surface area is 109 Å². The van der Waals surface area contributed by atoms with Crippen molar-refractivity contribution in [1.82, 2.24) is 20.4 Å². The quantitative estimate of drug-likeness (QED) is 0.690. The SMILES string of the molecule is CNC(=O)NC(=O)C(C)n1ncc2ccc(N)cc21. The van der Waals surface area contributed by atoms with E-state index in [1.165, 1.54) is 11.7 Å². The fourth-order valence-electron chi connectivity index (χ4n) is 1.75. The van der Waals surface area contributed by atoms with Crippen LogP contribution in [-0.4, -0.2) is 28.8 Å². The molecule has 1 aromatic carbocycles. The predicted molar refractivity (Wildman–Crippen MR) is 71.5 cm³/mol. The largest absolute Gasteiger partial charge is 0.399 e. The molecular weight excluding hydrogens is 246 g/mol. The summed E-state index contributed by atoms with van der Waals surface area (Å²) in [6.07, 6.45) is 1.65. The highest BCUT2D eigenvalue weighted by atomic mass is 16.2. The fraction of sp³-hybridized carbons (Fsp3) is 0.250. The number of nitrogen functional groups attached to an aromatic ring is 1. The molecule has 0 aliphatic heterocycles. The lowest BCUT2D eigenvalue weighted by Crippen LogP contribution is -2.41. The van der Waals surface area contributed by atoms with E-state index in [-0.39, 0.29) is 0 Å². The molecule has 0 aliphatic rings. The minimum absolute atomic E-state index is 0.438. The van der Waals surface area contributed by atoms with Crippen molar-refractivity contribution in [2.75, 3.05) is 12.8 Å². The van der Waals surface area contributed by atoms with Gasteiger partial charge in [-0.3, -0.25) is 14.8 Å². The van der Waals surface area contributed by atoms with Gasteiger partial charge in [0.2, 0.25) is 0 Å². The molecule has 1 heterocycles. The maximum absolute atomic E-state index is 11.9. The van der Waals surface area contributed by atoms with Crippen LogP contribution in [0.5, 0.6) is 0 Å². The molecule has 0 aliphatic carbocycles. The Morgan fingerprint density at radius 1 is 1.42 bits per heavy atom. The van der Waals surface area contributed by atoms with E-state index in [1.807, 2.05) is 6.07 Å². The summed E-state index contributed by atoms with van der Waals surface area (Å²) in [5.41, 5.74) is 7.07. The minimum atomic E-state index is -0.614. The van der Waals surface area contributed by atoms with Crippen LogP contribution >= 0.6 is 0 Å². The molecule has 0 spiro atoms. The summed E-state index contributed by atoms with van der Waals surface area (Å²) in [4.78, 5) is 23.0. The molecule has 2 aromatic rings. The first-order chi connectivity index (χ1) is 9.02. The molecular formula is C12H15N5O2. The van der Waals surface area contributed by atoms with E-state index < -0.39 is 18.0 Å². The van der Waals surface area contributed by atoms with E-state index >= 15 is 0 Å². The number of carbonyl (C=O) groups excluding carboxylic acids is 2. The van der Waals surface area contributed by atoms with Crippen molar-refractivity contribution >= 4 is 28.5 Å². The normalized spacial score (nSPS) is 12.1. The summed E-state index contributed by atoms with van der Waals surface area (Å²) in [5, 5.41) is 9.58. The Kier molecular flexibility index (Phi) is 3.37. The Morgan fingerprint density at radius 3 is 2.84 bits per heavy atom. The molecule has 1 unspecified atom stereocenters. The van der Waals surface area contributed by atoms with Crippen molar-refractivity contribution in [2.24, 2.45) is 0 Å². The van der Waals surface area contributed by atoms with E-state index in [0.29, 0.717) is 5.69 Å². The third-order valence-corrected chi connectivity index (χ3v) is 2.83. The molecule has 100 valence electrons. The van der Waals surface area contributed by atoms with Crippen LogP contribution < -0.4 is 16.4 Å². The van der Waals surface area contributed by atoms with Crippen LogP contribution in [0.15, 0.2) is 24.4 Å². The number of hydrogen-bond donors (Lipinski definition) is 3. The number of nitrogens with one attached hydrogen (secondary N) is 2. The van der Waals surface area contributed by atoms with Crippen molar-refractivity contribution < 1.29 is 9.59 Å². The van der Waals surface area contributed by atoms with E-state index in [9.17, 15) is 9.59 Å². The zero-order valence-corrected chi connectivity index (χ0v) is 10.7. The fourth-order valence-corrected chi connectivity index (χ4v) is 1.75. The average molecular weight is 261 g/mol. The van der Waals surface area contributed by atoms with Crippen LogP contribution in [0.4, 0.5) is 10.5 Å². The third kappa shape index (κ3) is 2.49. The molecule has 0 bridgehead atoms. The molecule has 1 atom stereocenters. The number of aromatic nitrogens is 2. The number of amides is 3. The zero-order chi connectivity index (χ0) is 14.0. The van der Waals surface area contributed by atoms with Gasteiger partial charge >= 0.3 is 6.03 Å². The topological polar surface area (TPSA) is 102 Å². The summed E-state index contributed by atoms with van der Waals surface area (Å²) in [7, 11) is 1.44. The summed E-state index contributed by atoms with van der Waals surface area (Å²) in [5.74, 6) is -0.438. The predicted octanol–water partition coefficient (Wildman–Crippen LogP) is 0.635. The molecule has 0 radical (unpaired) electrons. The van der Waals surface area contributed by atoms with Gasteiger partial charge in [-0.25, -0.2) is 4.79 Å². The van der Waals surface area contributed by atoms with Crippen molar-refractivity contribution in [2.45, 2.75) is 13.0 Å². The van der Waals surface area contributed by atoms with Gasteiger partial charge in [0.1, 0.15) is 6.04 Å². The smallest absolute Gasteiger partial charge is 0.321 e. The summed E-state index contributed by atoms with van der Waals surface area (Å²) in [6, 6.07) is 4.18. The lowest BCUT2D eigenvalue weighted by Gasteiger charge is -2.13. The number of urea groups is 1. The molecule has 0 saturated heterocycles. The number of hydrogen-bond acceptors (Lipinski definition) is 4. The van der Waals surface area contributed by atoms with Gasteiger partial charge in [-0.15, -0.1) is 0 Å². The van der Waals surface area contributed by atoms with Gasteiger partial charge in [0.05, 0.1) is 11.7 Å². The summed E-state index contributed by atoms with van der Waals surface area (Å²) >= 11 is 0. The van der Waals surface area contributed by atoms with Gasteiger partial charge in [0, 0.05) is 18.1 Å². The van der Waals surface area contributed by atoms with Crippen molar-refractivity contribution in [1.29, 1.82) is 0 Å². The van der Waals surface area contributed by atoms with Crippen molar-refractivity contribution in [3.8, 4) is 0 Å². The Hall–Kier alpha value is -2.57. The lowest BCUT2D eigenvalue weighted by atomic mass is 10.2. The van der Waals surface area contributed by atoms with E-state index in [0.717, 1.165) is 10.9 Å². The van der Waals surface area contributed by atoms with Gasteiger partial charge in [-0.2, -0.15) is 5.10 Å². The second-order valence-corrected chi connectivity index (χ2v) is 4.15. The van der Waals surface area contributed by atoms with Crippen LogP contribution in [0.1, 0.15) is 13.0 Å². The Bertz CT molecular complexity index is 634. The first-order valence-electron chi connectivity index (χ1n) is 5.78. The molecule has 1 aromatic heterocycles. The van der Waals surface area contributed by atoms with Crippen molar-refractivity contribution in [3.05, 3.63) is 24.4 Å². The van der Waals surface area contributed by atoms with Crippen LogP contribution in [0.2, 0.25) is 0 Å². The molecule has 19 heavy (non-hydrogen) atoms. The standard InChI is InChI=1S/C12H15N5O2/c1-7(11(18)16-12(19)14-2)17-10-5-9(13)4-3-8(10)6-15-17/h3-7H,13H2,1-2H3,(H2,14,16,18,19). The number of fused-ring (bicyclic) bond motifs is 1. The van der Waals surface area contributed by atoms with E-state index in [4.69, 9.17) is 5.73 Å². The molecule has 3 amide bonds. The lowest BCUT2D eigenvalue weighted by molar-refractivity contribution is -0.122. The minimum Gasteiger partial charge on any atom is -0.399 e. The molecule has 2 rings (SSSR count).